The highest BCUT2D eigenvalue weighted by Crippen LogP contribution is 2.39. The van der Waals surface area contributed by atoms with Gasteiger partial charge in [0.25, 0.3) is 5.91 Å². The summed E-state index contributed by atoms with van der Waals surface area (Å²) in [6.07, 6.45) is -0.848. The topological polar surface area (TPSA) is 83.5 Å². The molecule has 0 unspecified atom stereocenters. The molecule has 4 atom stereocenters. The molecule has 0 N–H and O–H groups in total. The van der Waals surface area contributed by atoms with Crippen LogP contribution in [0.15, 0.2) is 0 Å². The molecule has 0 spiro atoms. The van der Waals surface area contributed by atoms with Gasteiger partial charge in [-0.2, -0.15) is 0 Å². The molecule has 8 heteroatoms. The summed E-state index contributed by atoms with van der Waals surface area (Å²) in [7, 11) is 4.07. The standard InChI is InChI=1S/C17H31NO7/c1-8-10-18(11-9-2)14(19)12-13(15(20)21-5)25-17(4,23-7)16(3,22-6)24-12/h12-13H,8-11H2,1-7H3/t12-,13+,16-,17-/m1/s1. The van der Waals surface area contributed by atoms with Gasteiger partial charge >= 0.3 is 5.97 Å². The molecule has 1 saturated heterocycles. The zero-order valence-electron chi connectivity index (χ0n) is 16.3. The van der Waals surface area contributed by atoms with Gasteiger partial charge in [0.05, 0.1) is 7.11 Å². The van der Waals surface area contributed by atoms with Crippen molar-refractivity contribution < 1.29 is 33.3 Å². The van der Waals surface area contributed by atoms with Crippen LogP contribution >= 0.6 is 0 Å². The van der Waals surface area contributed by atoms with Gasteiger partial charge in [0.15, 0.2) is 12.2 Å². The molecule has 146 valence electrons. The summed E-state index contributed by atoms with van der Waals surface area (Å²) in [6.45, 7) is 8.27. The van der Waals surface area contributed by atoms with Crippen molar-refractivity contribution >= 4 is 11.9 Å². The second-order valence-electron chi connectivity index (χ2n) is 6.23. The highest BCUT2D eigenvalue weighted by atomic mass is 16.8. The Kier molecular flexibility index (Phi) is 7.80. The second-order valence-corrected chi connectivity index (χ2v) is 6.23. The van der Waals surface area contributed by atoms with Crippen LogP contribution in [-0.2, 0) is 33.3 Å². The fraction of sp³-hybridized carbons (Fsp3) is 0.882. The van der Waals surface area contributed by atoms with E-state index in [0.29, 0.717) is 13.1 Å². The van der Waals surface area contributed by atoms with E-state index in [-0.39, 0.29) is 5.91 Å². The average Bonchev–Trinajstić information content (AvgIpc) is 2.62. The third-order valence-corrected chi connectivity index (χ3v) is 4.56. The largest absolute Gasteiger partial charge is 0.467 e. The summed E-state index contributed by atoms with van der Waals surface area (Å²) >= 11 is 0. The fourth-order valence-corrected chi connectivity index (χ4v) is 2.81. The van der Waals surface area contributed by atoms with Crippen molar-refractivity contribution in [2.45, 2.75) is 64.3 Å². The molecular formula is C17H31NO7. The van der Waals surface area contributed by atoms with Gasteiger partial charge in [-0.3, -0.25) is 4.79 Å². The minimum atomic E-state index is -1.39. The lowest BCUT2D eigenvalue weighted by atomic mass is 10.0. The van der Waals surface area contributed by atoms with Crippen LogP contribution in [0.2, 0.25) is 0 Å². The highest BCUT2D eigenvalue weighted by molar-refractivity contribution is 5.89. The van der Waals surface area contributed by atoms with Crippen molar-refractivity contribution in [1.82, 2.24) is 4.90 Å². The first-order valence-electron chi connectivity index (χ1n) is 8.56. The molecule has 25 heavy (non-hydrogen) atoms. The molecule has 0 radical (unpaired) electrons. The highest BCUT2D eigenvalue weighted by Gasteiger charge is 2.60. The normalized spacial score (nSPS) is 32.3. The summed E-state index contributed by atoms with van der Waals surface area (Å²) in [5, 5.41) is 0. The van der Waals surface area contributed by atoms with Gasteiger partial charge in [0.1, 0.15) is 0 Å². The molecule has 0 aliphatic carbocycles. The maximum Gasteiger partial charge on any atom is 0.338 e. The Labute approximate surface area is 149 Å². The van der Waals surface area contributed by atoms with Crippen molar-refractivity contribution in [3.05, 3.63) is 0 Å². The van der Waals surface area contributed by atoms with Gasteiger partial charge < -0.3 is 28.6 Å². The second kappa shape index (κ2) is 8.93. The molecule has 8 nitrogen and oxygen atoms in total. The van der Waals surface area contributed by atoms with E-state index < -0.39 is 29.8 Å². The minimum Gasteiger partial charge on any atom is -0.467 e. The van der Waals surface area contributed by atoms with Crippen molar-refractivity contribution in [3.8, 4) is 0 Å². The zero-order valence-corrected chi connectivity index (χ0v) is 16.3. The van der Waals surface area contributed by atoms with Crippen molar-refractivity contribution in [1.29, 1.82) is 0 Å². The van der Waals surface area contributed by atoms with E-state index in [9.17, 15) is 9.59 Å². The molecule has 1 amide bonds. The quantitative estimate of drug-likeness (QED) is 0.603. The number of methoxy groups -OCH3 is 3. The Balaban J connectivity index is 3.23. The predicted molar refractivity (Wildman–Crippen MR) is 89.8 cm³/mol. The number of ether oxygens (including phenoxy) is 5. The fourth-order valence-electron chi connectivity index (χ4n) is 2.81. The zero-order chi connectivity index (χ0) is 19.3. The van der Waals surface area contributed by atoms with Crippen LogP contribution in [-0.4, -0.2) is 75.0 Å². The van der Waals surface area contributed by atoms with Crippen LogP contribution in [0.25, 0.3) is 0 Å². The predicted octanol–water partition coefficient (Wildman–Crippen LogP) is 1.32. The third-order valence-electron chi connectivity index (χ3n) is 4.56. The molecule has 1 aliphatic heterocycles. The van der Waals surface area contributed by atoms with E-state index in [1.165, 1.54) is 21.3 Å². The summed E-state index contributed by atoms with van der Waals surface area (Å²) in [4.78, 5) is 26.9. The van der Waals surface area contributed by atoms with E-state index >= 15 is 0 Å². The molecule has 1 rings (SSSR count). The van der Waals surface area contributed by atoms with E-state index in [0.717, 1.165) is 12.8 Å². The van der Waals surface area contributed by atoms with Gasteiger partial charge in [-0.15, -0.1) is 0 Å². The first-order chi connectivity index (χ1) is 11.7. The van der Waals surface area contributed by atoms with Gasteiger partial charge in [0, 0.05) is 27.3 Å². The molecule has 0 saturated carbocycles. The SMILES string of the molecule is CCCN(CCC)C(=O)[C@@H]1O[C@@](C)(OC)[C@](C)(OC)O[C@@H]1C(=O)OC. The summed E-state index contributed by atoms with van der Waals surface area (Å²) in [5.74, 6) is -3.80. The molecule has 1 aliphatic rings. The van der Waals surface area contributed by atoms with Crippen molar-refractivity contribution in [3.63, 3.8) is 0 Å². The van der Waals surface area contributed by atoms with Crippen LogP contribution in [0.4, 0.5) is 0 Å². The number of carbonyl (C=O) groups excluding carboxylic acids is 2. The molecule has 1 fully saturated rings. The lowest BCUT2D eigenvalue weighted by Crippen LogP contribution is -2.69. The molecular weight excluding hydrogens is 330 g/mol. The first kappa shape index (κ1) is 21.8. The first-order valence-corrected chi connectivity index (χ1v) is 8.56. The van der Waals surface area contributed by atoms with Crippen LogP contribution in [0.5, 0.6) is 0 Å². The number of carbonyl (C=O) groups is 2. The van der Waals surface area contributed by atoms with E-state index in [1.807, 2.05) is 13.8 Å². The molecule has 0 aromatic rings. The lowest BCUT2D eigenvalue weighted by Gasteiger charge is -2.51. The molecule has 1 heterocycles. The summed E-state index contributed by atoms with van der Waals surface area (Å²) in [6, 6.07) is 0. The Hall–Kier alpha value is -1.22. The van der Waals surface area contributed by atoms with Crippen molar-refractivity contribution in [2.24, 2.45) is 0 Å². The maximum absolute atomic E-state index is 13.0. The summed E-state index contributed by atoms with van der Waals surface area (Å²) < 4.78 is 27.4. The number of esters is 1. The molecule has 0 bridgehead atoms. The number of nitrogens with zero attached hydrogens (tertiary/aromatic N) is 1. The van der Waals surface area contributed by atoms with Gasteiger partial charge in [-0.25, -0.2) is 4.79 Å². The van der Waals surface area contributed by atoms with Crippen LogP contribution in [0.3, 0.4) is 0 Å². The van der Waals surface area contributed by atoms with Gasteiger partial charge in [-0.1, -0.05) is 13.8 Å². The lowest BCUT2D eigenvalue weighted by molar-refractivity contribution is -0.438. The number of hydrogen-bond acceptors (Lipinski definition) is 7. The van der Waals surface area contributed by atoms with Gasteiger partial charge in [0.2, 0.25) is 11.6 Å². The van der Waals surface area contributed by atoms with Crippen LogP contribution in [0.1, 0.15) is 40.5 Å². The Bertz CT molecular complexity index is 466. The average molecular weight is 361 g/mol. The third kappa shape index (κ3) is 4.31. The monoisotopic (exact) mass is 361 g/mol. The smallest absolute Gasteiger partial charge is 0.338 e. The van der Waals surface area contributed by atoms with E-state index in [1.54, 1.807) is 18.7 Å². The Morgan fingerprint density at radius 2 is 1.36 bits per heavy atom. The van der Waals surface area contributed by atoms with Crippen LogP contribution < -0.4 is 0 Å². The van der Waals surface area contributed by atoms with Crippen LogP contribution in [0, 0.1) is 0 Å². The maximum atomic E-state index is 13.0. The molecule has 0 aromatic carbocycles. The van der Waals surface area contributed by atoms with Crippen molar-refractivity contribution in [2.75, 3.05) is 34.4 Å². The Morgan fingerprint density at radius 3 is 1.72 bits per heavy atom. The minimum absolute atomic E-state index is 0.333. The van der Waals surface area contributed by atoms with Gasteiger partial charge in [-0.05, 0) is 26.7 Å². The molecule has 0 aromatic heterocycles. The number of amides is 1. The summed E-state index contributed by atoms with van der Waals surface area (Å²) in [5.41, 5.74) is 0. The number of hydrogen-bond donors (Lipinski definition) is 0. The van der Waals surface area contributed by atoms with E-state index in [2.05, 4.69) is 0 Å². The Morgan fingerprint density at radius 1 is 0.920 bits per heavy atom. The van der Waals surface area contributed by atoms with E-state index in [4.69, 9.17) is 23.7 Å². The number of rotatable bonds is 8.